The lowest BCUT2D eigenvalue weighted by Crippen LogP contribution is -2.37. The molecule has 0 atom stereocenters. The van der Waals surface area contributed by atoms with Crippen LogP contribution in [-0.4, -0.2) is 28.9 Å². The van der Waals surface area contributed by atoms with Crippen LogP contribution in [0.2, 0.25) is 0 Å². The number of aromatic nitrogens is 1. The monoisotopic (exact) mass is 316 g/mol. The number of carbonyl (C=O) groups is 1. The van der Waals surface area contributed by atoms with E-state index in [1.807, 2.05) is 11.8 Å². The standard InChI is InChI=1S/C19H25FN2O/c1-12(2)10-22(11-13(3)4)19(23)17-8-14(5)21-18-7-6-15(20)9-16(17)18/h6-9,12-13H,10-11H2,1-5H3. The fourth-order valence-corrected chi connectivity index (χ4v) is 2.80. The first-order valence-corrected chi connectivity index (χ1v) is 8.14. The summed E-state index contributed by atoms with van der Waals surface area (Å²) in [6.07, 6.45) is 0. The quantitative estimate of drug-likeness (QED) is 0.817. The molecule has 1 aromatic heterocycles. The van der Waals surface area contributed by atoms with E-state index in [2.05, 4.69) is 32.7 Å². The van der Waals surface area contributed by atoms with Crippen LogP contribution in [-0.2, 0) is 0 Å². The highest BCUT2D eigenvalue weighted by Crippen LogP contribution is 2.22. The largest absolute Gasteiger partial charge is 0.338 e. The van der Waals surface area contributed by atoms with Gasteiger partial charge in [0.25, 0.3) is 5.91 Å². The van der Waals surface area contributed by atoms with Crippen molar-refractivity contribution in [2.45, 2.75) is 34.6 Å². The van der Waals surface area contributed by atoms with E-state index in [1.165, 1.54) is 12.1 Å². The average molecular weight is 316 g/mol. The zero-order valence-corrected chi connectivity index (χ0v) is 14.6. The molecule has 0 spiro atoms. The number of hydrogen-bond acceptors (Lipinski definition) is 2. The Morgan fingerprint density at radius 2 is 1.74 bits per heavy atom. The van der Waals surface area contributed by atoms with Gasteiger partial charge in [0.15, 0.2) is 0 Å². The van der Waals surface area contributed by atoms with E-state index in [0.717, 1.165) is 5.69 Å². The van der Waals surface area contributed by atoms with Gasteiger partial charge in [0.05, 0.1) is 11.1 Å². The number of nitrogens with zero attached hydrogens (tertiary/aromatic N) is 2. The van der Waals surface area contributed by atoms with Crippen LogP contribution < -0.4 is 0 Å². The Morgan fingerprint density at radius 3 is 2.30 bits per heavy atom. The maximum atomic E-state index is 13.6. The molecule has 124 valence electrons. The minimum absolute atomic E-state index is 0.0477. The van der Waals surface area contributed by atoms with Crippen LogP contribution in [0.5, 0.6) is 0 Å². The lowest BCUT2D eigenvalue weighted by molar-refractivity contribution is 0.0717. The van der Waals surface area contributed by atoms with Crippen molar-refractivity contribution < 1.29 is 9.18 Å². The smallest absolute Gasteiger partial charge is 0.254 e. The zero-order chi connectivity index (χ0) is 17.1. The Balaban J connectivity index is 2.51. The van der Waals surface area contributed by atoms with E-state index in [1.54, 1.807) is 12.1 Å². The van der Waals surface area contributed by atoms with E-state index in [4.69, 9.17) is 0 Å². The van der Waals surface area contributed by atoms with E-state index in [9.17, 15) is 9.18 Å². The molecule has 3 nitrogen and oxygen atoms in total. The third kappa shape index (κ3) is 4.27. The third-order valence-corrected chi connectivity index (χ3v) is 3.59. The molecule has 0 N–H and O–H groups in total. The number of fused-ring (bicyclic) bond motifs is 1. The van der Waals surface area contributed by atoms with Gasteiger partial charge in [0.1, 0.15) is 5.82 Å². The molecule has 1 amide bonds. The van der Waals surface area contributed by atoms with Gasteiger partial charge >= 0.3 is 0 Å². The van der Waals surface area contributed by atoms with E-state index in [0.29, 0.717) is 41.4 Å². The first-order valence-electron chi connectivity index (χ1n) is 8.14. The number of pyridine rings is 1. The van der Waals surface area contributed by atoms with Gasteiger partial charge in [-0.1, -0.05) is 27.7 Å². The van der Waals surface area contributed by atoms with Crippen molar-refractivity contribution in [1.29, 1.82) is 0 Å². The predicted molar refractivity (Wildman–Crippen MR) is 92.0 cm³/mol. The van der Waals surface area contributed by atoms with Gasteiger partial charge in [0, 0.05) is 24.2 Å². The molecule has 1 heterocycles. The third-order valence-electron chi connectivity index (χ3n) is 3.59. The summed E-state index contributed by atoms with van der Waals surface area (Å²) < 4.78 is 13.6. The van der Waals surface area contributed by atoms with Crippen molar-refractivity contribution in [3.8, 4) is 0 Å². The van der Waals surface area contributed by atoms with Gasteiger partial charge in [-0.2, -0.15) is 0 Å². The Morgan fingerprint density at radius 1 is 1.13 bits per heavy atom. The number of aryl methyl sites for hydroxylation is 1. The van der Waals surface area contributed by atoms with E-state index < -0.39 is 0 Å². The molecule has 0 unspecified atom stereocenters. The second-order valence-electron chi connectivity index (χ2n) is 6.97. The number of carbonyl (C=O) groups excluding carboxylic acids is 1. The second-order valence-corrected chi connectivity index (χ2v) is 6.97. The first kappa shape index (κ1) is 17.4. The Bertz CT molecular complexity index is 700. The molecule has 0 bridgehead atoms. The van der Waals surface area contributed by atoms with Crippen molar-refractivity contribution in [1.82, 2.24) is 9.88 Å². The summed E-state index contributed by atoms with van der Waals surface area (Å²) >= 11 is 0. The van der Waals surface area contributed by atoms with Crippen LogP contribution in [0.15, 0.2) is 24.3 Å². The van der Waals surface area contributed by atoms with Gasteiger partial charge < -0.3 is 4.90 Å². The predicted octanol–water partition coefficient (Wildman–Crippen LogP) is 4.44. The number of amides is 1. The minimum Gasteiger partial charge on any atom is -0.338 e. The lowest BCUT2D eigenvalue weighted by Gasteiger charge is -2.27. The maximum Gasteiger partial charge on any atom is 0.254 e. The number of benzene rings is 1. The first-order chi connectivity index (χ1) is 10.8. The van der Waals surface area contributed by atoms with Crippen LogP contribution in [0.25, 0.3) is 10.9 Å². The molecule has 0 radical (unpaired) electrons. The number of hydrogen-bond donors (Lipinski definition) is 0. The second kappa shape index (κ2) is 7.07. The molecule has 2 aromatic rings. The number of halogens is 1. The summed E-state index contributed by atoms with van der Waals surface area (Å²) in [5.41, 5.74) is 1.96. The van der Waals surface area contributed by atoms with Crippen LogP contribution in [0.3, 0.4) is 0 Å². The van der Waals surface area contributed by atoms with Gasteiger partial charge in [0.2, 0.25) is 0 Å². The SMILES string of the molecule is Cc1cc(C(=O)N(CC(C)C)CC(C)C)c2cc(F)ccc2n1. The highest BCUT2D eigenvalue weighted by molar-refractivity contribution is 6.06. The van der Waals surface area contributed by atoms with Crippen molar-refractivity contribution in [2.24, 2.45) is 11.8 Å². The summed E-state index contributed by atoms with van der Waals surface area (Å²) in [5, 5.41) is 0.582. The highest BCUT2D eigenvalue weighted by atomic mass is 19.1. The molecule has 0 aliphatic heterocycles. The van der Waals surface area contributed by atoms with Crippen molar-refractivity contribution in [3.05, 3.63) is 41.3 Å². The summed E-state index contributed by atoms with van der Waals surface area (Å²) in [7, 11) is 0. The Hall–Kier alpha value is -1.97. The lowest BCUT2D eigenvalue weighted by atomic mass is 10.0. The zero-order valence-electron chi connectivity index (χ0n) is 14.6. The average Bonchev–Trinajstić information content (AvgIpc) is 2.44. The molecular weight excluding hydrogens is 291 g/mol. The van der Waals surface area contributed by atoms with Crippen molar-refractivity contribution in [3.63, 3.8) is 0 Å². The fourth-order valence-electron chi connectivity index (χ4n) is 2.80. The van der Waals surface area contributed by atoms with Gasteiger partial charge in [-0.25, -0.2) is 4.39 Å². The van der Waals surface area contributed by atoms with Gasteiger partial charge in [-0.15, -0.1) is 0 Å². The molecule has 4 heteroatoms. The van der Waals surface area contributed by atoms with E-state index >= 15 is 0 Å². The van der Waals surface area contributed by atoms with Gasteiger partial charge in [-0.05, 0) is 43.0 Å². The van der Waals surface area contributed by atoms with E-state index in [-0.39, 0.29) is 11.7 Å². The van der Waals surface area contributed by atoms with Gasteiger partial charge in [-0.3, -0.25) is 9.78 Å². The van der Waals surface area contributed by atoms with Crippen LogP contribution >= 0.6 is 0 Å². The summed E-state index contributed by atoms with van der Waals surface area (Å²) in [6, 6.07) is 6.17. The van der Waals surface area contributed by atoms with Crippen LogP contribution in [0.1, 0.15) is 43.7 Å². The summed E-state index contributed by atoms with van der Waals surface area (Å²) in [6.45, 7) is 11.6. The molecule has 0 fully saturated rings. The van der Waals surface area contributed by atoms with Crippen LogP contribution in [0, 0.1) is 24.6 Å². The molecule has 23 heavy (non-hydrogen) atoms. The number of rotatable bonds is 5. The molecule has 0 saturated heterocycles. The Kier molecular flexibility index (Phi) is 5.34. The Labute approximate surface area is 137 Å². The highest BCUT2D eigenvalue weighted by Gasteiger charge is 2.21. The molecule has 2 rings (SSSR count). The fraction of sp³-hybridized carbons (Fsp3) is 0.474. The summed E-state index contributed by atoms with van der Waals surface area (Å²) in [5.74, 6) is 0.359. The topological polar surface area (TPSA) is 33.2 Å². The molecule has 0 saturated carbocycles. The molecule has 1 aromatic carbocycles. The summed E-state index contributed by atoms with van der Waals surface area (Å²) in [4.78, 5) is 19.3. The molecular formula is C19H25FN2O. The molecule has 0 aliphatic rings. The van der Waals surface area contributed by atoms with Crippen molar-refractivity contribution >= 4 is 16.8 Å². The molecule has 0 aliphatic carbocycles. The maximum absolute atomic E-state index is 13.6. The van der Waals surface area contributed by atoms with Crippen LogP contribution in [0.4, 0.5) is 4.39 Å². The normalized spacial score (nSPS) is 11.5. The van der Waals surface area contributed by atoms with Crippen molar-refractivity contribution in [2.75, 3.05) is 13.1 Å². The minimum atomic E-state index is -0.350.